The molecule has 0 radical (unpaired) electrons. The van der Waals surface area contributed by atoms with Gasteiger partial charge in [-0.25, -0.2) is 0 Å². The Morgan fingerprint density at radius 3 is 2.50 bits per heavy atom. The second-order valence-corrected chi connectivity index (χ2v) is 4.19. The Bertz CT molecular complexity index is 251. The van der Waals surface area contributed by atoms with E-state index in [2.05, 4.69) is 4.74 Å². The van der Waals surface area contributed by atoms with Gasteiger partial charge in [-0.3, -0.25) is 4.79 Å². The van der Waals surface area contributed by atoms with Gasteiger partial charge in [0.25, 0.3) is 0 Å². The van der Waals surface area contributed by atoms with Crippen LogP contribution in [0.4, 0.5) is 13.2 Å². The Balaban J connectivity index is 2.23. The van der Waals surface area contributed by atoms with Crippen molar-refractivity contribution in [3.05, 3.63) is 0 Å². The third-order valence-corrected chi connectivity index (χ3v) is 2.80. The van der Waals surface area contributed by atoms with Crippen molar-refractivity contribution in [1.82, 2.24) is 4.90 Å². The molecule has 1 aliphatic carbocycles. The summed E-state index contributed by atoms with van der Waals surface area (Å²) in [7, 11) is 1.60. The maximum atomic E-state index is 11.8. The average molecular weight is 239 g/mol. The number of amides is 1. The Labute approximate surface area is 92.5 Å². The molecule has 0 saturated heterocycles. The first-order valence-electron chi connectivity index (χ1n) is 5.21. The molecule has 0 N–H and O–H groups in total. The van der Waals surface area contributed by atoms with E-state index in [0.29, 0.717) is 5.92 Å². The van der Waals surface area contributed by atoms with Gasteiger partial charge < -0.3 is 9.64 Å². The molecule has 6 heteroatoms. The van der Waals surface area contributed by atoms with Gasteiger partial charge >= 0.3 is 6.18 Å². The molecule has 1 amide bonds. The third kappa shape index (κ3) is 4.38. The average Bonchev–Trinajstić information content (AvgIpc) is 2.96. The highest BCUT2D eigenvalue weighted by Gasteiger charge is 2.33. The molecular formula is C10H16F3NO2. The van der Waals surface area contributed by atoms with Crippen molar-refractivity contribution in [1.29, 1.82) is 0 Å². The highest BCUT2D eigenvalue weighted by molar-refractivity contribution is 5.77. The third-order valence-electron chi connectivity index (χ3n) is 2.80. The Kier molecular flexibility index (Phi) is 4.18. The molecule has 3 nitrogen and oxygen atoms in total. The highest BCUT2D eigenvalue weighted by Crippen LogP contribution is 2.34. The molecule has 1 atom stereocenters. The molecule has 94 valence electrons. The summed E-state index contributed by atoms with van der Waals surface area (Å²) in [5.41, 5.74) is 0. The molecule has 0 spiro atoms. The van der Waals surface area contributed by atoms with Crippen LogP contribution < -0.4 is 0 Å². The maximum Gasteiger partial charge on any atom is 0.411 e. The lowest BCUT2D eigenvalue weighted by atomic mass is 10.2. The topological polar surface area (TPSA) is 29.5 Å². The summed E-state index contributed by atoms with van der Waals surface area (Å²) in [6, 6.07) is 0.0852. The molecule has 0 aromatic carbocycles. The number of ether oxygens (including phenoxy) is 1. The van der Waals surface area contributed by atoms with Crippen LogP contribution in [-0.4, -0.2) is 43.3 Å². The molecule has 0 heterocycles. The van der Waals surface area contributed by atoms with E-state index in [4.69, 9.17) is 0 Å². The Morgan fingerprint density at radius 1 is 1.50 bits per heavy atom. The quantitative estimate of drug-likeness (QED) is 0.732. The lowest BCUT2D eigenvalue weighted by Gasteiger charge is -2.24. The van der Waals surface area contributed by atoms with Gasteiger partial charge in [0.15, 0.2) is 0 Å². The van der Waals surface area contributed by atoms with Crippen molar-refractivity contribution in [3.63, 3.8) is 0 Å². The largest absolute Gasteiger partial charge is 0.411 e. The summed E-state index contributed by atoms with van der Waals surface area (Å²) >= 11 is 0. The van der Waals surface area contributed by atoms with Crippen molar-refractivity contribution in [2.45, 2.75) is 32.0 Å². The second kappa shape index (κ2) is 5.03. The van der Waals surface area contributed by atoms with Crippen LogP contribution in [0.1, 0.15) is 19.8 Å². The molecule has 0 aromatic rings. The van der Waals surface area contributed by atoms with Gasteiger partial charge in [-0.2, -0.15) is 13.2 Å². The molecule has 0 bridgehead atoms. The van der Waals surface area contributed by atoms with Crippen molar-refractivity contribution in [2.75, 3.05) is 20.3 Å². The van der Waals surface area contributed by atoms with Crippen LogP contribution in [0.3, 0.4) is 0 Å². The predicted molar refractivity (Wildman–Crippen MR) is 51.8 cm³/mol. The molecule has 16 heavy (non-hydrogen) atoms. The molecule has 1 unspecified atom stereocenters. The van der Waals surface area contributed by atoms with Gasteiger partial charge in [0.05, 0.1) is 0 Å². The van der Waals surface area contributed by atoms with Crippen LogP contribution in [-0.2, 0) is 9.53 Å². The number of alkyl halides is 3. The number of carbonyl (C=O) groups excluding carboxylic acids is 1. The fourth-order valence-electron chi connectivity index (χ4n) is 1.48. The van der Waals surface area contributed by atoms with E-state index in [9.17, 15) is 18.0 Å². The van der Waals surface area contributed by atoms with Crippen LogP contribution >= 0.6 is 0 Å². The SMILES string of the molecule is CC(C1CC1)N(C)C(=O)COCC(F)(F)F. The van der Waals surface area contributed by atoms with E-state index in [0.717, 1.165) is 12.8 Å². The van der Waals surface area contributed by atoms with Crippen LogP contribution in [0.5, 0.6) is 0 Å². The van der Waals surface area contributed by atoms with Crippen LogP contribution in [0, 0.1) is 5.92 Å². The minimum absolute atomic E-state index is 0.0852. The Hall–Kier alpha value is -0.780. The summed E-state index contributed by atoms with van der Waals surface area (Å²) in [5, 5.41) is 0. The second-order valence-electron chi connectivity index (χ2n) is 4.19. The van der Waals surface area contributed by atoms with Crippen molar-refractivity contribution in [3.8, 4) is 0 Å². The zero-order chi connectivity index (χ0) is 12.3. The standard InChI is InChI=1S/C10H16F3NO2/c1-7(8-3-4-8)14(2)9(15)5-16-6-10(11,12)13/h7-8H,3-6H2,1-2H3. The number of halogens is 3. The molecule has 1 saturated carbocycles. The molecular weight excluding hydrogens is 223 g/mol. The van der Waals surface area contributed by atoms with Crippen molar-refractivity contribution < 1.29 is 22.7 Å². The lowest BCUT2D eigenvalue weighted by Crippen LogP contribution is -2.39. The monoisotopic (exact) mass is 239 g/mol. The number of likely N-dealkylation sites (N-methyl/N-ethyl adjacent to an activating group) is 1. The minimum Gasteiger partial charge on any atom is -0.362 e. The van der Waals surface area contributed by atoms with E-state index in [1.165, 1.54) is 4.90 Å². The number of hydrogen-bond donors (Lipinski definition) is 0. The van der Waals surface area contributed by atoms with Gasteiger partial charge in [0.1, 0.15) is 13.2 Å². The molecule has 1 aliphatic rings. The molecule has 1 fully saturated rings. The van der Waals surface area contributed by atoms with Crippen LogP contribution in [0.15, 0.2) is 0 Å². The van der Waals surface area contributed by atoms with E-state index in [1.54, 1.807) is 7.05 Å². The summed E-state index contributed by atoms with van der Waals surface area (Å²) in [6.07, 6.45) is -2.20. The van der Waals surface area contributed by atoms with Gasteiger partial charge in [-0.1, -0.05) is 0 Å². The summed E-state index contributed by atoms with van der Waals surface area (Å²) in [5.74, 6) is 0.0974. The normalized spacial score (nSPS) is 18.3. The number of rotatable bonds is 5. The highest BCUT2D eigenvalue weighted by atomic mass is 19.4. The number of nitrogens with zero attached hydrogens (tertiary/aromatic N) is 1. The summed E-state index contributed by atoms with van der Waals surface area (Å²) < 4.78 is 39.6. The van der Waals surface area contributed by atoms with E-state index < -0.39 is 25.3 Å². The van der Waals surface area contributed by atoms with E-state index in [-0.39, 0.29) is 6.04 Å². The smallest absolute Gasteiger partial charge is 0.362 e. The van der Waals surface area contributed by atoms with E-state index >= 15 is 0 Å². The summed E-state index contributed by atoms with van der Waals surface area (Å²) in [6.45, 7) is 0.0246. The lowest BCUT2D eigenvalue weighted by molar-refractivity contribution is -0.178. The predicted octanol–water partition coefficient (Wildman–Crippen LogP) is 1.82. The number of carbonyl (C=O) groups is 1. The molecule has 0 aromatic heterocycles. The van der Waals surface area contributed by atoms with Crippen molar-refractivity contribution >= 4 is 5.91 Å². The van der Waals surface area contributed by atoms with Gasteiger partial charge in [0.2, 0.25) is 5.91 Å². The minimum atomic E-state index is -4.37. The zero-order valence-electron chi connectivity index (χ0n) is 9.38. The first kappa shape index (κ1) is 13.3. The van der Waals surface area contributed by atoms with E-state index in [1.807, 2.05) is 6.92 Å². The van der Waals surface area contributed by atoms with Gasteiger partial charge in [-0.15, -0.1) is 0 Å². The fraction of sp³-hybridized carbons (Fsp3) is 0.900. The first-order chi connectivity index (χ1) is 7.31. The molecule has 1 rings (SSSR count). The maximum absolute atomic E-state index is 11.8. The fourth-order valence-corrected chi connectivity index (χ4v) is 1.48. The van der Waals surface area contributed by atoms with Crippen LogP contribution in [0.2, 0.25) is 0 Å². The van der Waals surface area contributed by atoms with Gasteiger partial charge in [-0.05, 0) is 25.7 Å². The first-order valence-corrected chi connectivity index (χ1v) is 5.21. The van der Waals surface area contributed by atoms with Crippen molar-refractivity contribution in [2.24, 2.45) is 5.92 Å². The zero-order valence-corrected chi connectivity index (χ0v) is 9.38. The van der Waals surface area contributed by atoms with Crippen LogP contribution in [0.25, 0.3) is 0 Å². The molecule has 0 aliphatic heterocycles. The number of hydrogen-bond acceptors (Lipinski definition) is 2. The van der Waals surface area contributed by atoms with Gasteiger partial charge in [0, 0.05) is 13.1 Å². The Morgan fingerprint density at radius 2 is 2.06 bits per heavy atom. The summed E-state index contributed by atoms with van der Waals surface area (Å²) in [4.78, 5) is 12.9.